The third kappa shape index (κ3) is 4.33. The number of amides is 1. The van der Waals surface area contributed by atoms with Gasteiger partial charge in [-0.3, -0.25) is 4.79 Å². The summed E-state index contributed by atoms with van der Waals surface area (Å²) in [6.45, 7) is 13.3. The Bertz CT molecular complexity index is 1120. The number of thiophene rings is 1. The van der Waals surface area contributed by atoms with E-state index in [0.29, 0.717) is 29.9 Å². The van der Waals surface area contributed by atoms with Crippen molar-refractivity contribution in [3.8, 4) is 11.3 Å². The molecule has 1 amide bonds. The predicted octanol–water partition coefficient (Wildman–Crippen LogP) is 4.23. The standard InChI is InChI=1S/C22H23N3O4S/c1-6-8-25(9-7-2)19(26)12-28-22(27)17-11-18(16-10-13(3)30-15(16)5)23-21-20(17)14(4)24-29-21/h6-7,10-11H,1-2,8-9,12H2,3-5H3. The lowest BCUT2D eigenvalue weighted by Gasteiger charge is -2.19. The second kappa shape index (κ2) is 9.04. The quantitative estimate of drug-likeness (QED) is 0.396. The van der Waals surface area contributed by atoms with E-state index in [4.69, 9.17) is 9.26 Å². The number of esters is 1. The predicted molar refractivity (Wildman–Crippen MR) is 117 cm³/mol. The monoisotopic (exact) mass is 425 g/mol. The minimum absolute atomic E-state index is 0.256. The molecule has 3 aromatic rings. The summed E-state index contributed by atoms with van der Waals surface area (Å²) in [5, 5.41) is 4.41. The first-order valence-corrected chi connectivity index (χ1v) is 10.2. The van der Waals surface area contributed by atoms with E-state index in [1.54, 1.807) is 36.5 Å². The molecule has 0 radical (unpaired) electrons. The van der Waals surface area contributed by atoms with Gasteiger partial charge in [0, 0.05) is 28.4 Å². The molecular weight excluding hydrogens is 402 g/mol. The van der Waals surface area contributed by atoms with Gasteiger partial charge in [-0.1, -0.05) is 17.3 Å². The maximum Gasteiger partial charge on any atom is 0.339 e. The summed E-state index contributed by atoms with van der Waals surface area (Å²) < 4.78 is 10.6. The molecule has 0 N–H and O–H groups in total. The highest BCUT2D eigenvalue weighted by molar-refractivity contribution is 7.12. The maximum absolute atomic E-state index is 12.9. The van der Waals surface area contributed by atoms with Gasteiger partial charge in [0.2, 0.25) is 0 Å². The second-order valence-corrected chi connectivity index (χ2v) is 8.24. The zero-order valence-electron chi connectivity index (χ0n) is 17.2. The minimum Gasteiger partial charge on any atom is -0.452 e. The van der Waals surface area contributed by atoms with Crippen molar-refractivity contribution >= 4 is 34.3 Å². The number of aromatic nitrogens is 2. The van der Waals surface area contributed by atoms with E-state index in [-0.39, 0.29) is 23.8 Å². The fourth-order valence-corrected chi connectivity index (χ4v) is 4.10. The number of pyridine rings is 1. The average molecular weight is 426 g/mol. The van der Waals surface area contributed by atoms with Crippen LogP contribution in [0.25, 0.3) is 22.4 Å². The summed E-state index contributed by atoms with van der Waals surface area (Å²) in [5.41, 5.74) is 2.57. The van der Waals surface area contributed by atoms with E-state index >= 15 is 0 Å². The van der Waals surface area contributed by atoms with E-state index in [9.17, 15) is 9.59 Å². The number of hydrogen-bond donors (Lipinski definition) is 0. The zero-order chi connectivity index (χ0) is 21.8. The van der Waals surface area contributed by atoms with Gasteiger partial charge in [-0.25, -0.2) is 9.78 Å². The zero-order valence-corrected chi connectivity index (χ0v) is 18.0. The molecule has 0 aromatic carbocycles. The first kappa shape index (κ1) is 21.4. The Balaban J connectivity index is 1.92. The van der Waals surface area contributed by atoms with Crippen LogP contribution in [0.3, 0.4) is 0 Å². The van der Waals surface area contributed by atoms with Crippen LogP contribution in [-0.4, -0.2) is 46.6 Å². The molecule has 8 heteroatoms. The van der Waals surface area contributed by atoms with E-state index in [1.807, 2.05) is 19.9 Å². The number of carbonyl (C=O) groups excluding carboxylic acids is 2. The fourth-order valence-electron chi connectivity index (χ4n) is 3.16. The lowest BCUT2D eigenvalue weighted by molar-refractivity contribution is -0.133. The Morgan fingerprint density at radius 3 is 2.50 bits per heavy atom. The Morgan fingerprint density at radius 2 is 1.90 bits per heavy atom. The normalized spacial score (nSPS) is 10.8. The van der Waals surface area contributed by atoms with Gasteiger partial charge in [0.25, 0.3) is 11.6 Å². The third-order valence-corrected chi connectivity index (χ3v) is 5.50. The van der Waals surface area contributed by atoms with Crippen molar-refractivity contribution in [1.82, 2.24) is 15.0 Å². The Morgan fingerprint density at radius 1 is 1.20 bits per heavy atom. The summed E-state index contributed by atoms with van der Waals surface area (Å²) in [4.78, 5) is 33.5. The molecule has 156 valence electrons. The molecular formula is C22H23N3O4S. The van der Waals surface area contributed by atoms with Crippen molar-refractivity contribution in [2.24, 2.45) is 0 Å². The summed E-state index contributed by atoms with van der Waals surface area (Å²) in [7, 11) is 0. The number of rotatable bonds is 8. The Hall–Kier alpha value is -3.26. The van der Waals surface area contributed by atoms with E-state index in [0.717, 1.165) is 15.3 Å². The van der Waals surface area contributed by atoms with Crippen LogP contribution in [0.5, 0.6) is 0 Å². The molecule has 30 heavy (non-hydrogen) atoms. The molecule has 0 unspecified atom stereocenters. The molecule has 0 atom stereocenters. The molecule has 3 aromatic heterocycles. The number of carbonyl (C=O) groups is 2. The third-order valence-electron chi connectivity index (χ3n) is 4.53. The SMILES string of the molecule is C=CCN(CC=C)C(=O)COC(=O)c1cc(-c2cc(C)sc2C)nc2onc(C)c12. The molecule has 0 aliphatic heterocycles. The first-order valence-electron chi connectivity index (χ1n) is 9.36. The van der Waals surface area contributed by atoms with Crippen molar-refractivity contribution in [3.63, 3.8) is 0 Å². The Labute approximate surface area is 178 Å². The van der Waals surface area contributed by atoms with Crippen LogP contribution >= 0.6 is 11.3 Å². The van der Waals surface area contributed by atoms with Gasteiger partial charge < -0.3 is 14.2 Å². The van der Waals surface area contributed by atoms with E-state index in [2.05, 4.69) is 23.3 Å². The van der Waals surface area contributed by atoms with Crippen LogP contribution in [0.2, 0.25) is 0 Å². The number of aryl methyl sites for hydroxylation is 3. The van der Waals surface area contributed by atoms with Crippen molar-refractivity contribution in [3.05, 3.63) is 58.5 Å². The summed E-state index contributed by atoms with van der Waals surface area (Å²) in [6, 6.07) is 3.68. The second-order valence-electron chi connectivity index (χ2n) is 6.78. The summed E-state index contributed by atoms with van der Waals surface area (Å²) in [6.07, 6.45) is 3.21. The summed E-state index contributed by atoms with van der Waals surface area (Å²) in [5.74, 6) is -0.968. The van der Waals surface area contributed by atoms with Crippen LogP contribution in [0.4, 0.5) is 0 Å². The van der Waals surface area contributed by atoms with Gasteiger partial charge in [-0.15, -0.1) is 24.5 Å². The number of nitrogens with zero attached hydrogens (tertiary/aromatic N) is 3. The van der Waals surface area contributed by atoms with Crippen molar-refractivity contribution in [2.45, 2.75) is 20.8 Å². The van der Waals surface area contributed by atoms with Gasteiger partial charge in [0.05, 0.1) is 22.3 Å². The minimum atomic E-state index is -0.634. The van der Waals surface area contributed by atoms with Crippen LogP contribution in [0, 0.1) is 20.8 Å². The number of hydrogen-bond acceptors (Lipinski definition) is 7. The molecule has 0 bridgehead atoms. The van der Waals surface area contributed by atoms with Crippen LogP contribution in [0.15, 0.2) is 42.0 Å². The van der Waals surface area contributed by atoms with Gasteiger partial charge >= 0.3 is 5.97 Å². The molecule has 0 aliphatic carbocycles. The van der Waals surface area contributed by atoms with Crippen LogP contribution in [-0.2, 0) is 9.53 Å². The highest BCUT2D eigenvalue weighted by Crippen LogP contribution is 2.33. The molecule has 0 fully saturated rings. The largest absolute Gasteiger partial charge is 0.452 e. The lowest BCUT2D eigenvalue weighted by atomic mass is 10.1. The number of ether oxygens (including phenoxy) is 1. The number of fused-ring (bicyclic) bond motifs is 1. The van der Waals surface area contributed by atoms with E-state index < -0.39 is 5.97 Å². The van der Waals surface area contributed by atoms with Crippen molar-refractivity contribution in [2.75, 3.05) is 19.7 Å². The summed E-state index contributed by atoms with van der Waals surface area (Å²) >= 11 is 1.65. The Kier molecular flexibility index (Phi) is 6.47. The van der Waals surface area contributed by atoms with Gasteiger partial charge in [-0.2, -0.15) is 0 Å². The molecule has 0 saturated carbocycles. The van der Waals surface area contributed by atoms with Gasteiger partial charge in [-0.05, 0) is 32.9 Å². The van der Waals surface area contributed by atoms with Crippen molar-refractivity contribution in [1.29, 1.82) is 0 Å². The molecule has 0 saturated heterocycles. The average Bonchev–Trinajstić information content (AvgIpc) is 3.26. The van der Waals surface area contributed by atoms with Gasteiger partial charge in [0.15, 0.2) is 6.61 Å². The molecule has 0 aliphatic rings. The topological polar surface area (TPSA) is 85.5 Å². The molecule has 3 heterocycles. The van der Waals surface area contributed by atoms with Crippen LogP contribution < -0.4 is 0 Å². The van der Waals surface area contributed by atoms with Crippen LogP contribution in [0.1, 0.15) is 25.8 Å². The van der Waals surface area contributed by atoms with Crippen molar-refractivity contribution < 1.29 is 18.8 Å². The highest BCUT2D eigenvalue weighted by atomic mass is 32.1. The lowest BCUT2D eigenvalue weighted by Crippen LogP contribution is -2.35. The van der Waals surface area contributed by atoms with Gasteiger partial charge in [0.1, 0.15) is 0 Å². The smallest absolute Gasteiger partial charge is 0.339 e. The molecule has 3 rings (SSSR count). The molecule has 7 nitrogen and oxygen atoms in total. The highest BCUT2D eigenvalue weighted by Gasteiger charge is 2.23. The molecule has 0 spiro atoms. The maximum atomic E-state index is 12.9. The fraction of sp³-hybridized carbons (Fsp3) is 0.273. The van der Waals surface area contributed by atoms with E-state index in [1.165, 1.54) is 4.90 Å². The first-order chi connectivity index (χ1) is 14.3.